The van der Waals surface area contributed by atoms with Gasteiger partial charge in [0.05, 0.1) is 12.5 Å². The third kappa shape index (κ3) is 4.92. The van der Waals surface area contributed by atoms with Crippen molar-refractivity contribution in [3.63, 3.8) is 0 Å². The molecule has 7 nitrogen and oxygen atoms in total. The second kappa shape index (κ2) is 9.52. The van der Waals surface area contributed by atoms with Crippen LogP contribution in [0.5, 0.6) is 0 Å². The minimum atomic E-state index is -0.740. The minimum absolute atomic E-state index is 0.0283. The second-order valence-electron chi connectivity index (χ2n) is 6.66. The molecule has 2 aromatic carbocycles. The summed E-state index contributed by atoms with van der Waals surface area (Å²) in [5, 5.41) is 8.89. The minimum Gasteiger partial charge on any atom is -0.451 e. The van der Waals surface area contributed by atoms with Crippen LogP contribution < -0.4 is 4.90 Å². The van der Waals surface area contributed by atoms with Gasteiger partial charge in [0, 0.05) is 17.8 Å². The number of rotatable bonds is 7. The summed E-state index contributed by atoms with van der Waals surface area (Å²) >= 11 is 0. The number of ether oxygens (including phenoxy) is 1. The van der Waals surface area contributed by atoms with E-state index in [1.165, 1.54) is 4.90 Å². The zero-order chi connectivity index (χ0) is 21.5. The van der Waals surface area contributed by atoms with Gasteiger partial charge in [-0.3, -0.25) is 4.79 Å². The van der Waals surface area contributed by atoms with Gasteiger partial charge in [-0.1, -0.05) is 35.9 Å². The fourth-order valence-corrected chi connectivity index (χ4v) is 2.85. The highest BCUT2D eigenvalue weighted by molar-refractivity contribution is 5.97. The highest BCUT2D eigenvalue weighted by Gasteiger charge is 2.22. The molecule has 0 aliphatic heterocycles. The molecule has 0 saturated carbocycles. The van der Waals surface area contributed by atoms with E-state index in [-0.39, 0.29) is 18.7 Å². The van der Waals surface area contributed by atoms with Gasteiger partial charge in [0.15, 0.2) is 12.3 Å². The first-order chi connectivity index (χ1) is 14.5. The molecular weight excluding hydrogens is 382 g/mol. The van der Waals surface area contributed by atoms with E-state index in [2.05, 4.69) is 4.98 Å². The predicted octanol–water partition coefficient (Wildman–Crippen LogP) is 4.06. The fraction of sp³-hybridized carbons (Fsp3) is 0.217. The standard InChI is InChI=1S/C23H21N3O4/c1-16-9-11-19(12-10-16)26(14-6-13-24)20(27)15-29-23(28)21-17(2)30-22(25-21)18-7-4-3-5-8-18/h3-5,7-12H,6,14-15H2,1-2H3. The Morgan fingerprint density at radius 3 is 2.47 bits per heavy atom. The maximum atomic E-state index is 12.7. The maximum Gasteiger partial charge on any atom is 0.361 e. The highest BCUT2D eigenvalue weighted by atomic mass is 16.5. The van der Waals surface area contributed by atoms with E-state index in [9.17, 15) is 9.59 Å². The van der Waals surface area contributed by atoms with E-state index in [4.69, 9.17) is 14.4 Å². The molecule has 0 fully saturated rings. The number of anilines is 1. The first-order valence-corrected chi connectivity index (χ1v) is 9.43. The molecule has 0 spiro atoms. The Kier molecular flexibility index (Phi) is 6.60. The van der Waals surface area contributed by atoms with Crippen LogP contribution in [-0.2, 0) is 9.53 Å². The molecule has 1 heterocycles. The molecule has 0 N–H and O–H groups in total. The van der Waals surface area contributed by atoms with Crippen molar-refractivity contribution in [2.45, 2.75) is 20.3 Å². The van der Waals surface area contributed by atoms with Crippen molar-refractivity contribution in [2.24, 2.45) is 0 Å². The lowest BCUT2D eigenvalue weighted by molar-refractivity contribution is -0.121. The maximum absolute atomic E-state index is 12.7. The van der Waals surface area contributed by atoms with Gasteiger partial charge in [0.2, 0.25) is 5.89 Å². The van der Waals surface area contributed by atoms with Crippen molar-refractivity contribution < 1.29 is 18.7 Å². The van der Waals surface area contributed by atoms with Crippen LogP contribution in [0.25, 0.3) is 11.5 Å². The van der Waals surface area contributed by atoms with E-state index in [0.29, 0.717) is 17.3 Å². The Morgan fingerprint density at radius 2 is 1.80 bits per heavy atom. The van der Waals surface area contributed by atoms with E-state index in [1.807, 2.05) is 55.5 Å². The summed E-state index contributed by atoms with van der Waals surface area (Å²) in [6.07, 6.45) is 0.163. The van der Waals surface area contributed by atoms with Crippen LogP contribution in [0, 0.1) is 25.2 Å². The van der Waals surface area contributed by atoms with Crippen molar-refractivity contribution in [3.8, 4) is 17.5 Å². The number of aryl methyl sites for hydroxylation is 2. The van der Waals surface area contributed by atoms with E-state index >= 15 is 0 Å². The summed E-state index contributed by atoms with van der Waals surface area (Å²) in [7, 11) is 0. The quantitative estimate of drug-likeness (QED) is 0.552. The first kappa shape index (κ1) is 20.8. The van der Waals surface area contributed by atoms with E-state index in [0.717, 1.165) is 11.1 Å². The first-order valence-electron chi connectivity index (χ1n) is 9.43. The van der Waals surface area contributed by atoms with Crippen LogP contribution in [0.2, 0.25) is 0 Å². The molecule has 3 aromatic rings. The third-order valence-electron chi connectivity index (χ3n) is 4.43. The van der Waals surface area contributed by atoms with Crippen LogP contribution in [0.4, 0.5) is 5.69 Å². The van der Waals surface area contributed by atoms with Gasteiger partial charge in [-0.2, -0.15) is 5.26 Å². The number of benzene rings is 2. The number of aromatic nitrogens is 1. The average molecular weight is 403 g/mol. The monoisotopic (exact) mass is 403 g/mol. The molecule has 0 aliphatic rings. The molecule has 7 heteroatoms. The summed E-state index contributed by atoms with van der Waals surface area (Å²) in [5.74, 6) is -0.546. The highest BCUT2D eigenvalue weighted by Crippen LogP contribution is 2.22. The zero-order valence-corrected chi connectivity index (χ0v) is 16.8. The Balaban J connectivity index is 1.69. The largest absolute Gasteiger partial charge is 0.451 e. The van der Waals surface area contributed by atoms with E-state index in [1.54, 1.807) is 19.1 Å². The number of oxazole rings is 1. The molecule has 152 valence electrons. The van der Waals surface area contributed by atoms with Crippen LogP contribution >= 0.6 is 0 Å². The van der Waals surface area contributed by atoms with Crippen molar-refractivity contribution in [3.05, 3.63) is 71.6 Å². The molecule has 1 amide bonds. The van der Waals surface area contributed by atoms with Crippen LogP contribution in [0.1, 0.15) is 28.2 Å². The summed E-state index contributed by atoms with van der Waals surface area (Å²) < 4.78 is 10.8. The average Bonchev–Trinajstić information content (AvgIpc) is 3.16. The van der Waals surface area contributed by atoms with E-state index < -0.39 is 18.5 Å². The van der Waals surface area contributed by atoms with Crippen molar-refractivity contribution in [1.82, 2.24) is 4.98 Å². The number of esters is 1. The molecule has 30 heavy (non-hydrogen) atoms. The molecule has 3 rings (SSSR count). The predicted molar refractivity (Wildman–Crippen MR) is 111 cm³/mol. The van der Waals surface area contributed by atoms with Gasteiger partial charge in [-0.25, -0.2) is 9.78 Å². The number of nitrogens with zero attached hydrogens (tertiary/aromatic N) is 3. The van der Waals surface area contributed by atoms with Gasteiger partial charge >= 0.3 is 5.97 Å². The lowest BCUT2D eigenvalue weighted by Crippen LogP contribution is -2.35. The molecular formula is C23H21N3O4. The normalized spacial score (nSPS) is 10.3. The molecule has 0 bridgehead atoms. The summed E-state index contributed by atoms with van der Waals surface area (Å²) in [5.41, 5.74) is 2.45. The molecule has 0 atom stereocenters. The third-order valence-corrected chi connectivity index (χ3v) is 4.43. The van der Waals surface area contributed by atoms with Gasteiger partial charge < -0.3 is 14.1 Å². The second-order valence-corrected chi connectivity index (χ2v) is 6.66. The number of hydrogen-bond donors (Lipinski definition) is 0. The summed E-state index contributed by atoms with van der Waals surface area (Å²) in [4.78, 5) is 30.8. The summed E-state index contributed by atoms with van der Waals surface area (Å²) in [6, 6.07) is 18.5. The summed E-state index contributed by atoms with van der Waals surface area (Å²) in [6.45, 7) is 3.29. The van der Waals surface area contributed by atoms with Gasteiger partial charge in [-0.05, 0) is 38.1 Å². The van der Waals surface area contributed by atoms with Crippen LogP contribution in [-0.4, -0.2) is 30.0 Å². The number of nitriles is 1. The number of carbonyl (C=O) groups excluding carboxylic acids is 2. The fourth-order valence-electron chi connectivity index (χ4n) is 2.85. The SMILES string of the molecule is Cc1ccc(N(CCC#N)C(=O)COC(=O)c2nc(-c3ccccc3)oc2C)cc1. The Hall–Kier alpha value is -3.92. The smallest absolute Gasteiger partial charge is 0.361 e. The molecule has 0 unspecified atom stereocenters. The van der Waals surface area contributed by atoms with Gasteiger partial charge in [-0.15, -0.1) is 0 Å². The van der Waals surface area contributed by atoms with Gasteiger partial charge in [0.25, 0.3) is 5.91 Å². The Bertz CT molecular complexity index is 1070. The van der Waals surface area contributed by atoms with Gasteiger partial charge in [0.1, 0.15) is 5.76 Å². The zero-order valence-electron chi connectivity index (χ0n) is 16.8. The van der Waals surface area contributed by atoms with Crippen LogP contribution in [0.15, 0.2) is 59.0 Å². The molecule has 0 saturated heterocycles. The van der Waals surface area contributed by atoms with Crippen LogP contribution in [0.3, 0.4) is 0 Å². The van der Waals surface area contributed by atoms with Crippen molar-refractivity contribution in [2.75, 3.05) is 18.1 Å². The lowest BCUT2D eigenvalue weighted by Gasteiger charge is -2.21. The molecule has 0 radical (unpaired) electrons. The number of amides is 1. The number of hydrogen-bond acceptors (Lipinski definition) is 6. The Morgan fingerprint density at radius 1 is 1.10 bits per heavy atom. The topological polar surface area (TPSA) is 96.4 Å². The molecule has 1 aromatic heterocycles. The number of carbonyl (C=O) groups is 2. The Labute approximate surface area is 174 Å². The van der Waals surface area contributed by atoms with Crippen molar-refractivity contribution >= 4 is 17.6 Å². The lowest BCUT2D eigenvalue weighted by atomic mass is 10.2. The molecule has 0 aliphatic carbocycles. The van der Waals surface area contributed by atoms with Crippen molar-refractivity contribution in [1.29, 1.82) is 5.26 Å².